The van der Waals surface area contributed by atoms with Gasteiger partial charge in [-0.25, -0.2) is 0 Å². The van der Waals surface area contributed by atoms with Crippen molar-refractivity contribution in [1.82, 2.24) is 4.98 Å². The summed E-state index contributed by atoms with van der Waals surface area (Å²) in [7, 11) is 0. The first-order valence-electron chi connectivity index (χ1n) is 5.46. The van der Waals surface area contributed by atoms with Gasteiger partial charge in [0.25, 0.3) is 0 Å². The lowest BCUT2D eigenvalue weighted by Gasteiger charge is -2.02. The van der Waals surface area contributed by atoms with Crippen LogP contribution in [-0.2, 0) is 6.42 Å². The van der Waals surface area contributed by atoms with Gasteiger partial charge in [-0.05, 0) is 23.8 Å². The third-order valence-electron chi connectivity index (χ3n) is 2.75. The molecule has 0 aliphatic rings. The first kappa shape index (κ1) is 9.32. The Morgan fingerprint density at radius 1 is 1.14 bits per heavy atom. The van der Waals surface area contributed by atoms with Crippen LogP contribution in [-0.4, -0.2) is 4.98 Å². The summed E-state index contributed by atoms with van der Waals surface area (Å²) in [5.74, 6) is 0. The molecule has 0 aliphatic carbocycles. The van der Waals surface area contributed by atoms with Crippen molar-refractivity contribution in [3.05, 3.63) is 36.2 Å². The van der Waals surface area contributed by atoms with Gasteiger partial charge in [0.15, 0.2) is 0 Å². The maximum Gasteiger partial charge on any atom is 0.00871 e. The van der Waals surface area contributed by atoms with E-state index in [-0.39, 0.29) is 0 Å². The van der Waals surface area contributed by atoms with Gasteiger partial charge in [-0.3, -0.25) is 0 Å². The SMILES string of the molecule is CCCCCc1cccc2c[nH]cc12. The fourth-order valence-corrected chi connectivity index (χ4v) is 1.93. The quantitative estimate of drug-likeness (QED) is 0.699. The summed E-state index contributed by atoms with van der Waals surface area (Å²) in [6.07, 6.45) is 9.32. The van der Waals surface area contributed by atoms with E-state index in [2.05, 4.69) is 42.5 Å². The number of aromatic amines is 1. The zero-order chi connectivity index (χ0) is 9.80. The predicted molar refractivity (Wildman–Crippen MR) is 61.5 cm³/mol. The van der Waals surface area contributed by atoms with E-state index < -0.39 is 0 Å². The van der Waals surface area contributed by atoms with Gasteiger partial charge in [0.05, 0.1) is 0 Å². The lowest BCUT2D eigenvalue weighted by Crippen LogP contribution is -1.85. The molecule has 1 aromatic carbocycles. The molecule has 0 saturated carbocycles. The second-order valence-corrected chi connectivity index (χ2v) is 3.83. The topological polar surface area (TPSA) is 15.8 Å². The number of rotatable bonds is 4. The average Bonchev–Trinajstić information content (AvgIpc) is 2.67. The van der Waals surface area contributed by atoms with E-state index >= 15 is 0 Å². The lowest BCUT2D eigenvalue weighted by atomic mass is 10.0. The van der Waals surface area contributed by atoms with E-state index in [0.29, 0.717) is 0 Å². The largest absolute Gasteiger partial charge is 0.366 e. The van der Waals surface area contributed by atoms with E-state index in [1.165, 1.54) is 42.0 Å². The molecule has 1 heterocycles. The average molecular weight is 187 g/mol. The molecule has 0 aliphatic heterocycles. The number of aryl methyl sites for hydroxylation is 1. The number of aromatic nitrogens is 1. The van der Waals surface area contributed by atoms with Crippen molar-refractivity contribution < 1.29 is 0 Å². The molecule has 0 atom stereocenters. The molecule has 0 unspecified atom stereocenters. The lowest BCUT2D eigenvalue weighted by molar-refractivity contribution is 0.720. The summed E-state index contributed by atoms with van der Waals surface area (Å²) >= 11 is 0. The van der Waals surface area contributed by atoms with Crippen LogP contribution >= 0.6 is 0 Å². The van der Waals surface area contributed by atoms with Crippen molar-refractivity contribution in [2.45, 2.75) is 32.6 Å². The molecule has 1 aromatic heterocycles. The van der Waals surface area contributed by atoms with E-state index in [1.54, 1.807) is 0 Å². The second-order valence-electron chi connectivity index (χ2n) is 3.83. The third-order valence-corrected chi connectivity index (χ3v) is 2.75. The summed E-state index contributed by atoms with van der Waals surface area (Å²) in [5, 5.41) is 2.72. The van der Waals surface area contributed by atoms with Crippen molar-refractivity contribution >= 4 is 10.8 Å². The maximum absolute atomic E-state index is 3.17. The summed E-state index contributed by atoms with van der Waals surface area (Å²) in [6, 6.07) is 6.55. The zero-order valence-electron chi connectivity index (χ0n) is 8.72. The van der Waals surface area contributed by atoms with Crippen LogP contribution < -0.4 is 0 Å². The highest BCUT2D eigenvalue weighted by Gasteiger charge is 2.00. The Morgan fingerprint density at radius 3 is 2.93 bits per heavy atom. The Kier molecular flexibility index (Phi) is 2.87. The standard InChI is InChI=1S/C13H17N/c1-2-3-4-6-11-7-5-8-12-9-14-10-13(11)12/h5,7-10,14H,2-4,6H2,1H3. The molecule has 0 radical (unpaired) electrons. The van der Waals surface area contributed by atoms with E-state index in [1.807, 2.05) is 0 Å². The van der Waals surface area contributed by atoms with Crippen LogP contribution in [0.3, 0.4) is 0 Å². The Hall–Kier alpha value is -1.24. The van der Waals surface area contributed by atoms with Gasteiger partial charge in [-0.2, -0.15) is 0 Å². The number of hydrogen-bond acceptors (Lipinski definition) is 0. The summed E-state index contributed by atoms with van der Waals surface area (Å²) in [6.45, 7) is 2.25. The zero-order valence-corrected chi connectivity index (χ0v) is 8.72. The van der Waals surface area contributed by atoms with Crippen LogP contribution in [0.2, 0.25) is 0 Å². The van der Waals surface area contributed by atoms with Gasteiger partial charge in [0.2, 0.25) is 0 Å². The molecule has 14 heavy (non-hydrogen) atoms. The summed E-state index contributed by atoms with van der Waals surface area (Å²) < 4.78 is 0. The summed E-state index contributed by atoms with van der Waals surface area (Å²) in [4.78, 5) is 3.17. The highest BCUT2D eigenvalue weighted by Crippen LogP contribution is 2.19. The van der Waals surface area contributed by atoms with E-state index in [0.717, 1.165) is 0 Å². The molecule has 1 N–H and O–H groups in total. The Balaban J connectivity index is 2.19. The molecule has 2 aromatic rings. The van der Waals surface area contributed by atoms with Gasteiger partial charge in [0.1, 0.15) is 0 Å². The number of nitrogens with one attached hydrogen (secondary N) is 1. The van der Waals surface area contributed by atoms with Gasteiger partial charge < -0.3 is 4.98 Å². The minimum Gasteiger partial charge on any atom is -0.366 e. The highest BCUT2D eigenvalue weighted by molar-refractivity contribution is 5.85. The van der Waals surface area contributed by atoms with Crippen LogP contribution in [0.4, 0.5) is 0 Å². The van der Waals surface area contributed by atoms with E-state index in [9.17, 15) is 0 Å². The van der Waals surface area contributed by atoms with Crippen LogP contribution in [0.15, 0.2) is 30.6 Å². The fourth-order valence-electron chi connectivity index (χ4n) is 1.93. The number of hydrogen-bond donors (Lipinski definition) is 1. The first-order valence-corrected chi connectivity index (χ1v) is 5.46. The second kappa shape index (κ2) is 4.32. The van der Waals surface area contributed by atoms with Crippen LogP contribution in [0.25, 0.3) is 10.8 Å². The van der Waals surface area contributed by atoms with Crippen molar-refractivity contribution in [2.24, 2.45) is 0 Å². The molecular weight excluding hydrogens is 170 g/mol. The molecule has 0 bridgehead atoms. The molecule has 2 rings (SSSR count). The molecule has 0 saturated heterocycles. The van der Waals surface area contributed by atoms with Crippen molar-refractivity contribution in [2.75, 3.05) is 0 Å². The van der Waals surface area contributed by atoms with Crippen LogP contribution in [0.1, 0.15) is 31.7 Å². The number of unbranched alkanes of at least 4 members (excludes halogenated alkanes) is 2. The molecule has 74 valence electrons. The molecule has 0 fully saturated rings. The van der Waals surface area contributed by atoms with Crippen molar-refractivity contribution in [3.63, 3.8) is 0 Å². The van der Waals surface area contributed by atoms with Crippen molar-refractivity contribution in [1.29, 1.82) is 0 Å². The van der Waals surface area contributed by atoms with E-state index in [4.69, 9.17) is 0 Å². The molecule has 0 spiro atoms. The maximum atomic E-state index is 3.17. The van der Waals surface area contributed by atoms with Crippen LogP contribution in [0.5, 0.6) is 0 Å². The third kappa shape index (κ3) is 1.82. The monoisotopic (exact) mass is 187 g/mol. The normalized spacial score (nSPS) is 10.9. The van der Waals surface area contributed by atoms with Crippen molar-refractivity contribution in [3.8, 4) is 0 Å². The molecule has 0 amide bonds. The Morgan fingerprint density at radius 2 is 2.07 bits per heavy atom. The minimum absolute atomic E-state index is 1.21. The molecular formula is C13H17N. The van der Waals surface area contributed by atoms with Gasteiger partial charge >= 0.3 is 0 Å². The number of benzene rings is 1. The van der Waals surface area contributed by atoms with Gasteiger partial charge in [0, 0.05) is 17.8 Å². The first-order chi connectivity index (χ1) is 6.92. The molecule has 1 nitrogen and oxygen atoms in total. The number of H-pyrrole nitrogens is 1. The highest BCUT2D eigenvalue weighted by atomic mass is 14.6. The summed E-state index contributed by atoms with van der Waals surface area (Å²) in [5.41, 5.74) is 1.48. The smallest absolute Gasteiger partial charge is 0.00871 e. The molecule has 1 heteroatoms. The minimum atomic E-state index is 1.21. The van der Waals surface area contributed by atoms with Gasteiger partial charge in [-0.1, -0.05) is 38.0 Å². The number of fused-ring (bicyclic) bond motifs is 1. The van der Waals surface area contributed by atoms with Crippen LogP contribution in [0, 0.1) is 0 Å². The Bertz CT molecular complexity index is 400. The Labute approximate surface area is 85.1 Å². The van der Waals surface area contributed by atoms with Gasteiger partial charge in [-0.15, -0.1) is 0 Å². The fraction of sp³-hybridized carbons (Fsp3) is 0.385. The predicted octanol–water partition coefficient (Wildman–Crippen LogP) is 3.90.